The van der Waals surface area contributed by atoms with Crippen molar-refractivity contribution < 1.29 is 4.12 Å². The predicted octanol–water partition coefficient (Wildman–Crippen LogP) is 4.55. The molecule has 0 saturated carbocycles. The molecule has 0 unspecified atom stereocenters. The second-order valence-corrected chi connectivity index (χ2v) is 15.0. The molecule has 0 atom stereocenters. The maximum Gasteiger partial charge on any atom is 0.229 e. The highest BCUT2D eigenvalue weighted by Crippen LogP contribution is 2.14. The van der Waals surface area contributed by atoms with Gasteiger partial charge in [-0.05, 0) is 121 Å². The Hall–Kier alpha value is -2.73. The maximum atomic E-state index is 7.72. The molecule has 3 heteroatoms. The van der Waals surface area contributed by atoms with Gasteiger partial charge in [-0.15, -0.1) is 0 Å². The van der Waals surface area contributed by atoms with E-state index in [1.807, 2.05) is 0 Å². The number of hydrogen-bond acceptors (Lipinski definition) is 1. The van der Waals surface area contributed by atoms with Crippen molar-refractivity contribution in [1.29, 1.82) is 0 Å². The van der Waals surface area contributed by atoms with Crippen LogP contribution in [0.5, 0.6) is 0 Å². The molecule has 4 rings (SSSR count). The van der Waals surface area contributed by atoms with E-state index in [1.54, 1.807) is 0 Å². The van der Waals surface area contributed by atoms with Crippen molar-refractivity contribution >= 4 is 38.8 Å². The molecular weight excluding hydrogens is 457 g/mol. The van der Waals surface area contributed by atoms with Crippen molar-refractivity contribution in [3.05, 3.63) is 117 Å². The molecule has 0 saturated heterocycles. The van der Waals surface area contributed by atoms with E-state index >= 15 is 0 Å². The zero-order valence-corrected chi connectivity index (χ0v) is 24.8. The van der Waals surface area contributed by atoms with Crippen molar-refractivity contribution in [2.24, 2.45) is 0 Å². The predicted molar refractivity (Wildman–Crippen MR) is 158 cm³/mol. The van der Waals surface area contributed by atoms with Crippen molar-refractivity contribution in [1.82, 2.24) is 0 Å². The first-order chi connectivity index (χ1) is 16.7. The molecule has 0 spiro atoms. The Labute approximate surface area is 215 Å². The van der Waals surface area contributed by atoms with Crippen LogP contribution >= 0.6 is 0 Å². The van der Waals surface area contributed by atoms with Crippen molar-refractivity contribution in [2.75, 3.05) is 0 Å². The Morgan fingerprint density at radius 3 is 0.686 bits per heavy atom. The summed E-state index contributed by atoms with van der Waals surface area (Å²) in [6.07, 6.45) is 0. The van der Waals surface area contributed by atoms with E-state index in [9.17, 15) is 0 Å². The van der Waals surface area contributed by atoms with Crippen LogP contribution in [0.3, 0.4) is 0 Å². The van der Waals surface area contributed by atoms with E-state index in [4.69, 9.17) is 4.12 Å². The first-order valence-electron chi connectivity index (χ1n) is 12.6. The molecule has 0 aliphatic carbocycles. The van der Waals surface area contributed by atoms with Crippen LogP contribution in [0.1, 0.15) is 44.5 Å². The lowest BCUT2D eigenvalue weighted by atomic mass is 10.1. The molecule has 4 aromatic carbocycles. The number of hydrogen-bond donors (Lipinski definition) is 0. The summed E-state index contributed by atoms with van der Waals surface area (Å²) >= 11 is 0. The molecule has 0 aliphatic heterocycles. The molecule has 0 radical (unpaired) electrons. The second kappa shape index (κ2) is 10.5. The van der Waals surface area contributed by atoms with Crippen molar-refractivity contribution in [2.45, 2.75) is 55.4 Å². The average molecular weight is 495 g/mol. The highest BCUT2D eigenvalue weighted by molar-refractivity contribution is 6.93. The fraction of sp³-hybridized carbons (Fsp3) is 0.250. The smallest absolute Gasteiger partial charge is 0.229 e. The molecular formula is C32H38OSi2. The largest absolute Gasteiger partial charge is 0.446 e. The summed E-state index contributed by atoms with van der Waals surface area (Å²) < 4.78 is 7.72. The van der Waals surface area contributed by atoms with E-state index in [0.717, 1.165) is 0 Å². The molecule has 0 bridgehead atoms. The van der Waals surface area contributed by atoms with Gasteiger partial charge < -0.3 is 4.12 Å². The monoisotopic (exact) mass is 494 g/mol. The van der Waals surface area contributed by atoms with E-state index in [0.29, 0.717) is 0 Å². The van der Waals surface area contributed by atoms with Crippen LogP contribution in [0.15, 0.2) is 72.8 Å². The summed E-state index contributed by atoms with van der Waals surface area (Å²) in [6, 6.07) is 26.8. The van der Waals surface area contributed by atoms with Crippen LogP contribution in [-0.2, 0) is 4.12 Å². The van der Waals surface area contributed by atoms with Crippen molar-refractivity contribution in [3.8, 4) is 0 Å². The van der Waals surface area contributed by atoms with E-state index in [1.165, 1.54) is 65.3 Å². The quantitative estimate of drug-likeness (QED) is 0.358. The summed E-state index contributed by atoms with van der Waals surface area (Å²) in [6.45, 7) is 18.1. The number of aryl methyl sites for hydroxylation is 8. The number of benzene rings is 4. The van der Waals surface area contributed by atoms with Crippen molar-refractivity contribution in [3.63, 3.8) is 0 Å². The SMILES string of the molecule is Cc1cccc(C)c1[SiH](O[SiH](c1c(C)cccc1C)c1c(C)cccc1C)c1c(C)cccc1C. The molecule has 0 heterocycles. The van der Waals surface area contributed by atoms with Crippen LogP contribution in [0.4, 0.5) is 0 Å². The van der Waals surface area contributed by atoms with Gasteiger partial charge in [-0.25, -0.2) is 0 Å². The van der Waals surface area contributed by atoms with Gasteiger partial charge in [0.05, 0.1) is 0 Å². The summed E-state index contributed by atoms with van der Waals surface area (Å²) in [5, 5.41) is 5.78. The first-order valence-corrected chi connectivity index (χ1v) is 15.9. The summed E-state index contributed by atoms with van der Waals surface area (Å²) in [7, 11) is -4.05. The van der Waals surface area contributed by atoms with Gasteiger partial charge in [-0.2, -0.15) is 0 Å². The van der Waals surface area contributed by atoms with Crippen LogP contribution in [-0.4, -0.2) is 18.1 Å². The third-order valence-electron chi connectivity index (χ3n) is 7.49. The van der Waals surface area contributed by atoms with Crippen LogP contribution in [0, 0.1) is 55.4 Å². The third kappa shape index (κ3) is 4.99. The average Bonchev–Trinajstić information content (AvgIpc) is 2.78. The zero-order chi connectivity index (χ0) is 25.3. The van der Waals surface area contributed by atoms with Gasteiger partial charge in [-0.1, -0.05) is 72.8 Å². The van der Waals surface area contributed by atoms with E-state index in [-0.39, 0.29) is 0 Å². The summed E-state index contributed by atoms with van der Waals surface area (Å²) in [4.78, 5) is 0. The van der Waals surface area contributed by atoms with E-state index in [2.05, 4.69) is 128 Å². The minimum Gasteiger partial charge on any atom is -0.446 e. The lowest BCUT2D eigenvalue weighted by Crippen LogP contribution is -2.59. The minimum absolute atomic E-state index is 1.35. The van der Waals surface area contributed by atoms with Gasteiger partial charge in [0.15, 0.2) is 0 Å². The lowest BCUT2D eigenvalue weighted by Gasteiger charge is -2.31. The van der Waals surface area contributed by atoms with Gasteiger partial charge >= 0.3 is 0 Å². The summed E-state index contributed by atoms with van der Waals surface area (Å²) in [5.74, 6) is 0. The molecule has 4 aromatic rings. The minimum atomic E-state index is -2.03. The maximum absolute atomic E-state index is 7.72. The van der Waals surface area contributed by atoms with Crippen LogP contribution in [0.25, 0.3) is 0 Å². The van der Waals surface area contributed by atoms with Gasteiger partial charge in [0.2, 0.25) is 18.1 Å². The van der Waals surface area contributed by atoms with Crippen LogP contribution in [0.2, 0.25) is 0 Å². The molecule has 1 nitrogen and oxygen atoms in total. The Kier molecular flexibility index (Phi) is 7.60. The fourth-order valence-electron chi connectivity index (χ4n) is 5.66. The lowest BCUT2D eigenvalue weighted by molar-refractivity contribution is 0.631. The number of rotatable bonds is 6. The topological polar surface area (TPSA) is 9.23 Å². The van der Waals surface area contributed by atoms with Gasteiger partial charge in [0, 0.05) is 0 Å². The van der Waals surface area contributed by atoms with Crippen LogP contribution < -0.4 is 20.7 Å². The molecule has 0 amide bonds. The van der Waals surface area contributed by atoms with E-state index < -0.39 is 18.1 Å². The second-order valence-electron chi connectivity index (χ2n) is 10.1. The summed E-state index contributed by atoms with van der Waals surface area (Å²) in [5.41, 5.74) is 10.8. The first kappa shape index (κ1) is 25.4. The molecule has 0 aliphatic rings. The Bertz CT molecular complexity index is 1080. The molecule has 180 valence electrons. The molecule has 0 N–H and O–H groups in total. The molecule has 0 aromatic heterocycles. The standard InChI is InChI=1S/C32H38OSi2/c1-21-13-9-14-22(2)29(21)34(30-23(3)15-10-16-24(30)4)33-35(31-25(5)17-11-18-26(31)6)32-27(7)19-12-20-28(32)8/h9-20,34-35H,1-8H3. The van der Waals surface area contributed by atoms with Gasteiger partial charge in [0.25, 0.3) is 0 Å². The van der Waals surface area contributed by atoms with Gasteiger partial charge in [0.1, 0.15) is 0 Å². The molecule has 0 fully saturated rings. The Morgan fingerprint density at radius 2 is 0.514 bits per heavy atom. The Morgan fingerprint density at radius 1 is 0.343 bits per heavy atom. The highest BCUT2D eigenvalue weighted by atomic mass is 28.4. The fourth-order valence-corrected chi connectivity index (χ4v) is 13.6. The zero-order valence-electron chi connectivity index (χ0n) is 22.5. The molecule has 35 heavy (non-hydrogen) atoms. The normalized spacial score (nSPS) is 11.5. The highest BCUT2D eigenvalue weighted by Gasteiger charge is 2.33. The Balaban J connectivity index is 2.02. The third-order valence-corrected chi connectivity index (χ3v) is 15.4. The van der Waals surface area contributed by atoms with Gasteiger partial charge in [-0.3, -0.25) is 0 Å².